The zero-order valence-corrected chi connectivity index (χ0v) is 4.96. The van der Waals surface area contributed by atoms with Crippen LogP contribution in [0.1, 0.15) is 6.42 Å². The zero-order chi connectivity index (χ0) is 6.69. The van der Waals surface area contributed by atoms with Gasteiger partial charge < -0.3 is 9.84 Å². The number of nitrogens with one attached hydrogen (secondary N) is 1. The highest BCUT2D eigenvalue weighted by Crippen LogP contribution is 1.97. The fraction of sp³-hybridized carbons (Fsp3) is 0.800. The molecule has 0 spiro atoms. The Bertz CT molecular complexity index is 109. The van der Waals surface area contributed by atoms with Crippen molar-refractivity contribution in [1.29, 1.82) is 0 Å². The van der Waals surface area contributed by atoms with Crippen molar-refractivity contribution >= 4 is 5.97 Å². The molecule has 0 radical (unpaired) electrons. The Morgan fingerprint density at radius 2 is 2.56 bits per heavy atom. The molecule has 0 bridgehead atoms. The minimum absolute atomic E-state index is 0.358. The van der Waals surface area contributed by atoms with E-state index in [0.29, 0.717) is 19.8 Å². The zero-order valence-electron chi connectivity index (χ0n) is 4.96. The van der Waals surface area contributed by atoms with Gasteiger partial charge in [0, 0.05) is 0 Å². The molecule has 1 rings (SSSR count). The Balaban J connectivity index is 2.31. The number of carboxylic acids is 1. The van der Waals surface area contributed by atoms with Crippen molar-refractivity contribution in [3.63, 3.8) is 0 Å². The molecule has 0 aromatic rings. The molecule has 0 unspecified atom stereocenters. The monoisotopic (exact) mass is 131 g/mol. The fourth-order valence-electron chi connectivity index (χ4n) is 0.746. The molecule has 1 fully saturated rings. The summed E-state index contributed by atoms with van der Waals surface area (Å²) in [5.41, 5.74) is 0. The minimum atomic E-state index is -0.793. The number of ether oxygens (including phenoxy) is 1. The summed E-state index contributed by atoms with van der Waals surface area (Å²) >= 11 is 0. The van der Waals surface area contributed by atoms with E-state index in [1.165, 1.54) is 0 Å². The molecule has 4 nitrogen and oxygen atoms in total. The van der Waals surface area contributed by atoms with Crippen LogP contribution in [0.15, 0.2) is 0 Å². The predicted molar refractivity (Wildman–Crippen MR) is 30.0 cm³/mol. The van der Waals surface area contributed by atoms with E-state index in [4.69, 9.17) is 9.84 Å². The van der Waals surface area contributed by atoms with E-state index in [1.54, 1.807) is 0 Å². The van der Waals surface area contributed by atoms with Gasteiger partial charge >= 0.3 is 5.97 Å². The lowest BCUT2D eigenvalue weighted by Crippen LogP contribution is -2.42. The molecule has 1 aliphatic rings. The largest absolute Gasteiger partial charge is 0.480 e. The Hall–Kier alpha value is -0.610. The molecule has 1 atom stereocenters. The Morgan fingerprint density at radius 3 is 2.89 bits per heavy atom. The quantitative estimate of drug-likeness (QED) is 0.499. The van der Waals surface area contributed by atoms with Crippen LogP contribution in [-0.2, 0) is 9.53 Å². The summed E-state index contributed by atoms with van der Waals surface area (Å²) in [7, 11) is 0. The molecule has 0 amide bonds. The number of hydrogen-bond donors (Lipinski definition) is 2. The molecule has 0 aromatic heterocycles. The molecular formula is C5H9NO3. The van der Waals surface area contributed by atoms with Crippen molar-refractivity contribution in [3.8, 4) is 0 Å². The summed E-state index contributed by atoms with van der Waals surface area (Å²) in [6.07, 6.45) is 0.565. The first-order valence-corrected chi connectivity index (χ1v) is 2.84. The van der Waals surface area contributed by atoms with Gasteiger partial charge in [-0.1, -0.05) is 0 Å². The minimum Gasteiger partial charge on any atom is -0.480 e. The molecule has 4 heteroatoms. The summed E-state index contributed by atoms with van der Waals surface area (Å²) in [6.45, 7) is 0.904. The first-order chi connectivity index (χ1) is 4.30. The van der Waals surface area contributed by atoms with E-state index < -0.39 is 12.0 Å². The van der Waals surface area contributed by atoms with Crippen molar-refractivity contribution in [1.82, 2.24) is 5.32 Å². The van der Waals surface area contributed by atoms with Gasteiger partial charge in [0.25, 0.3) is 0 Å². The normalized spacial score (nSPS) is 27.8. The number of aliphatic carboxylic acids is 1. The average Bonchev–Trinajstić information content (AvgIpc) is 1.90. The Kier molecular flexibility index (Phi) is 2.02. The Labute approximate surface area is 52.8 Å². The lowest BCUT2D eigenvalue weighted by molar-refractivity contribution is -0.142. The van der Waals surface area contributed by atoms with Gasteiger partial charge in [-0.25, -0.2) is 0 Å². The number of hydrogen-bond acceptors (Lipinski definition) is 3. The topological polar surface area (TPSA) is 58.6 Å². The molecule has 9 heavy (non-hydrogen) atoms. The molecule has 2 N–H and O–H groups in total. The third kappa shape index (κ3) is 1.65. The highest BCUT2D eigenvalue weighted by Gasteiger charge is 2.18. The van der Waals surface area contributed by atoms with Crippen molar-refractivity contribution in [2.75, 3.05) is 13.3 Å². The SMILES string of the molecule is O=C(O)[C@H]1CCOCN1. The standard InChI is InChI=1S/C5H9NO3/c7-5(8)4-1-2-9-3-6-4/h4,6H,1-3H2,(H,7,8)/t4-/m1/s1. The first kappa shape index (κ1) is 6.51. The lowest BCUT2D eigenvalue weighted by atomic mass is 10.2. The summed E-state index contributed by atoms with van der Waals surface area (Å²) in [5, 5.41) is 11.1. The Morgan fingerprint density at radius 1 is 1.78 bits per heavy atom. The third-order valence-electron chi connectivity index (χ3n) is 1.28. The smallest absolute Gasteiger partial charge is 0.320 e. The maximum Gasteiger partial charge on any atom is 0.320 e. The van der Waals surface area contributed by atoms with Gasteiger partial charge in [0.15, 0.2) is 0 Å². The van der Waals surface area contributed by atoms with Crippen molar-refractivity contribution in [2.45, 2.75) is 12.5 Å². The van der Waals surface area contributed by atoms with E-state index in [9.17, 15) is 4.79 Å². The van der Waals surface area contributed by atoms with E-state index in [2.05, 4.69) is 5.32 Å². The highest BCUT2D eigenvalue weighted by molar-refractivity contribution is 5.73. The molecule has 0 aliphatic carbocycles. The summed E-state index contributed by atoms with van der Waals surface area (Å²) in [4.78, 5) is 10.2. The van der Waals surface area contributed by atoms with E-state index in [1.807, 2.05) is 0 Å². The third-order valence-corrected chi connectivity index (χ3v) is 1.28. The highest BCUT2D eigenvalue weighted by atomic mass is 16.5. The van der Waals surface area contributed by atoms with Gasteiger partial charge in [0.2, 0.25) is 0 Å². The number of carbonyl (C=O) groups is 1. The average molecular weight is 131 g/mol. The van der Waals surface area contributed by atoms with Crippen molar-refractivity contribution in [3.05, 3.63) is 0 Å². The van der Waals surface area contributed by atoms with Gasteiger partial charge in [-0.05, 0) is 6.42 Å². The summed E-state index contributed by atoms with van der Waals surface area (Å²) in [5.74, 6) is -0.793. The van der Waals surface area contributed by atoms with Gasteiger partial charge in [-0.2, -0.15) is 0 Å². The van der Waals surface area contributed by atoms with Crippen LogP contribution in [0.4, 0.5) is 0 Å². The van der Waals surface area contributed by atoms with Gasteiger partial charge in [-0.3, -0.25) is 10.1 Å². The predicted octanol–water partition coefficient (Wildman–Crippen LogP) is -0.593. The molecule has 0 aromatic carbocycles. The molecule has 52 valence electrons. The van der Waals surface area contributed by atoms with Gasteiger partial charge in [-0.15, -0.1) is 0 Å². The van der Waals surface area contributed by atoms with Crippen LogP contribution >= 0.6 is 0 Å². The lowest BCUT2D eigenvalue weighted by Gasteiger charge is -2.19. The van der Waals surface area contributed by atoms with Crippen LogP contribution < -0.4 is 5.32 Å². The van der Waals surface area contributed by atoms with Crippen LogP contribution in [-0.4, -0.2) is 30.5 Å². The second-order valence-corrected chi connectivity index (χ2v) is 1.94. The molecule has 1 saturated heterocycles. The van der Waals surface area contributed by atoms with Crippen molar-refractivity contribution < 1.29 is 14.6 Å². The number of rotatable bonds is 1. The van der Waals surface area contributed by atoms with Gasteiger partial charge in [0.1, 0.15) is 6.04 Å². The van der Waals surface area contributed by atoms with Gasteiger partial charge in [0.05, 0.1) is 13.3 Å². The van der Waals surface area contributed by atoms with Crippen LogP contribution in [0.25, 0.3) is 0 Å². The molecular weight excluding hydrogens is 122 g/mol. The molecule has 1 aliphatic heterocycles. The van der Waals surface area contributed by atoms with Crippen LogP contribution in [0.2, 0.25) is 0 Å². The van der Waals surface area contributed by atoms with Crippen molar-refractivity contribution in [2.24, 2.45) is 0 Å². The second kappa shape index (κ2) is 2.80. The number of carboxylic acid groups (broad SMARTS) is 1. The van der Waals surface area contributed by atoms with Crippen LogP contribution in [0.5, 0.6) is 0 Å². The first-order valence-electron chi connectivity index (χ1n) is 2.84. The summed E-state index contributed by atoms with van der Waals surface area (Å²) in [6, 6.07) is -0.404. The summed E-state index contributed by atoms with van der Waals surface area (Å²) < 4.78 is 4.88. The maximum atomic E-state index is 10.2. The molecule has 1 heterocycles. The van der Waals surface area contributed by atoms with E-state index in [-0.39, 0.29) is 0 Å². The second-order valence-electron chi connectivity index (χ2n) is 1.94. The van der Waals surface area contributed by atoms with Crippen LogP contribution in [0.3, 0.4) is 0 Å². The van der Waals surface area contributed by atoms with E-state index >= 15 is 0 Å². The van der Waals surface area contributed by atoms with Crippen LogP contribution in [0, 0.1) is 0 Å². The molecule has 0 saturated carbocycles. The maximum absolute atomic E-state index is 10.2. The van der Waals surface area contributed by atoms with E-state index in [0.717, 1.165) is 0 Å². The fourth-order valence-corrected chi connectivity index (χ4v) is 0.746.